The summed E-state index contributed by atoms with van der Waals surface area (Å²) in [6.45, 7) is 5.25. The van der Waals surface area contributed by atoms with Crippen molar-refractivity contribution in [3.8, 4) is 0 Å². The second-order valence-corrected chi connectivity index (χ2v) is 8.29. The third kappa shape index (κ3) is 3.52. The molecule has 1 aliphatic rings. The van der Waals surface area contributed by atoms with Gasteiger partial charge in [-0.1, -0.05) is 6.07 Å². The fraction of sp³-hybridized carbons (Fsp3) is 0.286. The van der Waals surface area contributed by atoms with Gasteiger partial charge in [-0.25, -0.2) is 19.6 Å². The molecule has 1 amide bonds. The van der Waals surface area contributed by atoms with Gasteiger partial charge in [0.25, 0.3) is 5.91 Å². The quantitative estimate of drug-likeness (QED) is 0.506. The van der Waals surface area contributed by atoms with Crippen LogP contribution in [-0.4, -0.2) is 61.7 Å². The van der Waals surface area contributed by atoms with E-state index in [-0.39, 0.29) is 5.91 Å². The van der Waals surface area contributed by atoms with Crippen molar-refractivity contribution in [1.29, 1.82) is 0 Å². The van der Waals surface area contributed by atoms with Crippen molar-refractivity contribution >= 4 is 34.2 Å². The summed E-state index contributed by atoms with van der Waals surface area (Å²) in [5, 5.41) is 7.37. The van der Waals surface area contributed by atoms with Crippen LogP contribution in [0.25, 0.3) is 11.0 Å². The first-order chi connectivity index (χ1) is 14.7. The van der Waals surface area contributed by atoms with E-state index in [1.807, 2.05) is 28.6 Å². The lowest BCUT2D eigenvalue weighted by atomic mass is 10.1. The summed E-state index contributed by atoms with van der Waals surface area (Å²) >= 11 is 1.69. The van der Waals surface area contributed by atoms with E-state index in [9.17, 15) is 4.79 Å². The lowest BCUT2D eigenvalue weighted by Gasteiger charge is -2.34. The van der Waals surface area contributed by atoms with Crippen LogP contribution in [-0.2, 0) is 6.54 Å². The topological polar surface area (TPSA) is 80.0 Å². The Hall–Kier alpha value is -3.33. The molecule has 30 heavy (non-hydrogen) atoms. The number of rotatable bonds is 4. The SMILES string of the molecule is Cc1cc(C(=O)N2CCN(c3ncccn3)CC2)c2cnn(Cc3cccs3)c2n1. The molecule has 1 saturated heterocycles. The Balaban J connectivity index is 1.38. The number of carbonyl (C=O) groups excluding carboxylic acids is 1. The van der Waals surface area contributed by atoms with Crippen molar-refractivity contribution < 1.29 is 4.79 Å². The predicted molar refractivity (Wildman–Crippen MR) is 116 cm³/mol. The Labute approximate surface area is 177 Å². The molecule has 9 heteroatoms. The van der Waals surface area contributed by atoms with E-state index in [0.29, 0.717) is 44.2 Å². The maximum absolute atomic E-state index is 13.3. The standard InChI is InChI=1S/C21H21N7OS/c1-15-12-17(18-13-24-28(19(18)25-15)14-16-4-2-11-30-16)20(29)26-7-9-27(10-8-26)21-22-5-3-6-23-21/h2-6,11-13H,7-10,14H2,1H3. The van der Waals surface area contributed by atoms with Crippen LogP contribution in [0, 0.1) is 6.92 Å². The molecule has 1 aliphatic heterocycles. The summed E-state index contributed by atoms with van der Waals surface area (Å²) in [5.74, 6) is 0.733. The number of fused-ring (bicyclic) bond motifs is 1. The van der Waals surface area contributed by atoms with Gasteiger partial charge in [-0.05, 0) is 30.5 Å². The Morgan fingerprint density at radius 1 is 1.13 bits per heavy atom. The van der Waals surface area contributed by atoms with Crippen LogP contribution in [0.1, 0.15) is 20.9 Å². The molecule has 4 aromatic rings. The minimum absolute atomic E-state index is 0.0230. The number of amides is 1. The van der Waals surface area contributed by atoms with E-state index >= 15 is 0 Å². The lowest BCUT2D eigenvalue weighted by molar-refractivity contribution is 0.0748. The van der Waals surface area contributed by atoms with Gasteiger partial charge in [0.15, 0.2) is 5.65 Å². The Morgan fingerprint density at radius 3 is 2.67 bits per heavy atom. The molecule has 0 spiro atoms. The van der Waals surface area contributed by atoms with Crippen molar-refractivity contribution in [3.05, 3.63) is 64.4 Å². The molecule has 5 rings (SSSR count). The summed E-state index contributed by atoms with van der Waals surface area (Å²) in [7, 11) is 0. The number of pyridine rings is 1. The second kappa shape index (κ2) is 7.83. The van der Waals surface area contributed by atoms with Crippen LogP contribution in [0.2, 0.25) is 0 Å². The van der Waals surface area contributed by atoms with Gasteiger partial charge in [0.05, 0.1) is 23.7 Å². The fourth-order valence-electron chi connectivity index (χ4n) is 3.75. The molecule has 5 heterocycles. The van der Waals surface area contributed by atoms with Crippen LogP contribution < -0.4 is 4.90 Å². The molecule has 0 unspecified atom stereocenters. The minimum Gasteiger partial charge on any atom is -0.337 e. The van der Waals surface area contributed by atoms with Gasteiger partial charge in [0.2, 0.25) is 5.95 Å². The predicted octanol–water partition coefficient (Wildman–Crippen LogP) is 2.60. The van der Waals surface area contributed by atoms with Crippen molar-refractivity contribution in [2.75, 3.05) is 31.1 Å². The van der Waals surface area contributed by atoms with Gasteiger partial charge in [0.1, 0.15) is 0 Å². The van der Waals surface area contributed by atoms with E-state index in [1.54, 1.807) is 36.0 Å². The van der Waals surface area contributed by atoms with Gasteiger partial charge in [-0.2, -0.15) is 5.10 Å². The monoisotopic (exact) mass is 419 g/mol. The first-order valence-electron chi connectivity index (χ1n) is 9.86. The molecular formula is C21H21N7OS. The minimum atomic E-state index is 0.0230. The van der Waals surface area contributed by atoms with Crippen LogP contribution in [0.3, 0.4) is 0 Å². The van der Waals surface area contributed by atoms with Crippen LogP contribution in [0.5, 0.6) is 0 Å². The van der Waals surface area contributed by atoms with Gasteiger partial charge in [0, 0.05) is 49.1 Å². The molecule has 0 radical (unpaired) electrons. The van der Waals surface area contributed by atoms with Crippen LogP contribution in [0.15, 0.2) is 48.2 Å². The Bertz CT molecular complexity index is 1170. The van der Waals surface area contributed by atoms with Crippen molar-refractivity contribution in [3.63, 3.8) is 0 Å². The molecule has 0 saturated carbocycles. The smallest absolute Gasteiger partial charge is 0.254 e. The number of piperazine rings is 1. The number of aryl methyl sites for hydroxylation is 1. The molecule has 0 aliphatic carbocycles. The van der Waals surface area contributed by atoms with Crippen LogP contribution in [0.4, 0.5) is 5.95 Å². The first kappa shape index (κ1) is 18.7. The maximum atomic E-state index is 13.3. The van der Waals surface area contributed by atoms with Crippen molar-refractivity contribution in [2.24, 2.45) is 0 Å². The molecule has 0 atom stereocenters. The molecular weight excluding hydrogens is 398 g/mol. The molecule has 0 bridgehead atoms. The summed E-state index contributed by atoms with van der Waals surface area (Å²) in [5.41, 5.74) is 2.23. The van der Waals surface area contributed by atoms with E-state index in [1.165, 1.54) is 4.88 Å². The van der Waals surface area contributed by atoms with E-state index < -0.39 is 0 Å². The van der Waals surface area contributed by atoms with Gasteiger partial charge in [-0.15, -0.1) is 11.3 Å². The average molecular weight is 420 g/mol. The number of anilines is 1. The number of aromatic nitrogens is 5. The molecule has 0 aromatic carbocycles. The average Bonchev–Trinajstić information content (AvgIpc) is 3.44. The van der Waals surface area contributed by atoms with Gasteiger partial charge in [-0.3, -0.25) is 4.79 Å². The highest BCUT2D eigenvalue weighted by Gasteiger charge is 2.25. The number of hydrogen-bond donors (Lipinski definition) is 0. The largest absolute Gasteiger partial charge is 0.337 e. The third-order valence-corrected chi connectivity index (χ3v) is 6.12. The zero-order valence-electron chi connectivity index (χ0n) is 16.6. The lowest BCUT2D eigenvalue weighted by Crippen LogP contribution is -2.49. The first-order valence-corrected chi connectivity index (χ1v) is 10.7. The van der Waals surface area contributed by atoms with Gasteiger partial charge >= 0.3 is 0 Å². The number of carbonyl (C=O) groups is 1. The molecule has 1 fully saturated rings. The van der Waals surface area contributed by atoms with E-state index in [0.717, 1.165) is 16.7 Å². The van der Waals surface area contributed by atoms with E-state index in [2.05, 4.69) is 36.4 Å². The molecule has 8 nitrogen and oxygen atoms in total. The van der Waals surface area contributed by atoms with Gasteiger partial charge < -0.3 is 9.80 Å². The third-order valence-electron chi connectivity index (χ3n) is 5.26. The molecule has 4 aromatic heterocycles. The second-order valence-electron chi connectivity index (χ2n) is 7.26. The summed E-state index contributed by atoms with van der Waals surface area (Å²) in [6, 6.07) is 7.78. The zero-order valence-corrected chi connectivity index (χ0v) is 17.4. The number of nitrogens with zero attached hydrogens (tertiary/aromatic N) is 7. The number of thiophene rings is 1. The van der Waals surface area contributed by atoms with Crippen LogP contribution >= 0.6 is 11.3 Å². The van der Waals surface area contributed by atoms with Crippen molar-refractivity contribution in [2.45, 2.75) is 13.5 Å². The molecule has 152 valence electrons. The Kier molecular flexibility index (Phi) is 4.88. The zero-order chi connectivity index (χ0) is 20.5. The normalized spacial score (nSPS) is 14.4. The van der Waals surface area contributed by atoms with E-state index in [4.69, 9.17) is 0 Å². The van der Waals surface area contributed by atoms with Crippen molar-refractivity contribution in [1.82, 2.24) is 29.6 Å². The maximum Gasteiger partial charge on any atom is 0.254 e. The Morgan fingerprint density at radius 2 is 1.93 bits per heavy atom. The fourth-order valence-corrected chi connectivity index (χ4v) is 4.44. The highest BCUT2D eigenvalue weighted by molar-refractivity contribution is 7.09. The number of hydrogen-bond acceptors (Lipinski definition) is 7. The summed E-state index contributed by atoms with van der Waals surface area (Å²) < 4.78 is 1.87. The highest BCUT2D eigenvalue weighted by Crippen LogP contribution is 2.22. The summed E-state index contributed by atoms with van der Waals surface area (Å²) in [4.78, 5) is 31.8. The highest BCUT2D eigenvalue weighted by atomic mass is 32.1. The summed E-state index contributed by atoms with van der Waals surface area (Å²) in [6.07, 6.45) is 5.24. The molecule has 0 N–H and O–H groups in total.